The molecule has 0 spiro atoms. The van der Waals surface area contributed by atoms with E-state index < -0.39 is 0 Å². The fourth-order valence-corrected chi connectivity index (χ4v) is 3.68. The molecular weight excluding hydrogens is 346 g/mol. The van der Waals surface area contributed by atoms with Gasteiger partial charge in [-0.3, -0.25) is 14.4 Å². The predicted octanol–water partition coefficient (Wildman–Crippen LogP) is 0.682. The van der Waals surface area contributed by atoms with Crippen LogP contribution in [0.1, 0.15) is 5.56 Å². The van der Waals surface area contributed by atoms with Crippen molar-refractivity contribution in [1.29, 1.82) is 0 Å². The number of fused-ring (bicyclic) bond motifs is 1. The number of hydrogen-bond donors (Lipinski definition) is 0. The van der Waals surface area contributed by atoms with Crippen molar-refractivity contribution in [2.24, 2.45) is 5.92 Å². The molecule has 3 heterocycles. The number of carbonyl (C=O) groups excluding carboxylic acids is 1. The van der Waals surface area contributed by atoms with Gasteiger partial charge in [0, 0.05) is 38.8 Å². The van der Waals surface area contributed by atoms with Gasteiger partial charge in [-0.2, -0.15) is 5.10 Å². The summed E-state index contributed by atoms with van der Waals surface area (Å²) >= 11 is 0. The fraction of sp³-hybridized carbons (Fsp3) is 0.526. The first-order valence-corrected chi connectivity index (χ1v) is 9.36. The standard InChI is InChI=1S/C19H25N5O3/c1-26-17-3-2-15-10-16(12-27-18(15)11-17)19(25)23-7-4-22(5-8-23)6-9-24-14-20-13-21-24/h2-3,11,13-14,16H,4-10,12H2,1H3/t16-/m1/s1. The maximum Gasteiger partial charge on any atom is 0.229 e. The maximum atomic E-state index is 12.9. The molecule has 1 atom stereocenters. The van der Waals surface area contributed by atoms with Gasteiger partial charge in [0.15, 0.2) is 0 Å². The Morgan fingerprint density at radius 1 is 1.26 bits per heavy atom. The molecule has 2 aliphatic rings. The van der Waals surface area contributed by atoms with E-state index in [9.17, 15) is 4.79 Å². The van der Waals surface area contributed by atoms with Gasteiger partial charge in [0.1, 0.15) is 30.8 Å². The van der Waals surface area contributed by atoms with Gasteiger partial charge in [-0.05, 0) is 18.1 Å². The number of ether oxygens (including phenoxy) is 2. The van der Waals surface area contributed by atoms with E-state index >= 15 is 0 Å². The van der Waals surface area contributed by atoms with Crippen molar-refractivity contribution in [3.63, 3.8) is 0 Å². The van der Waals surface area contributed by atoms with Crippen LogP contribution in [0.15, 0.2) is 30.9 Å². The molecule has 1 fully saturated rings. The zero-order valence-electron chi connectivity index (χ0n) is 15.6. The lowest BCUT2D eigenvalue weighted by Gasteiger charge is -2.37. The highest BCUT2D eigenvalue weighted by molar-refractivity contribution is 5.80. The number of rotatable bonds is 5. The zero-order valence-corrected chi connectivity index (χ0v) is 15.6. The van der Waals surface area contributed by atoms with Gasteiger partial charge in [-0.15, -0.1) is 0 Å². The molecule has 8 heteroatoms. The average molecular weight is 371 g/mol. The van der Waals surface area contributed by atoms with Gasteiger partial charge in [0.2, 0.25) is 5.91 Å². The first kappa shape index (κ1) is 17.8. The number of amides is 1. The molecule has 1 aromatic carbocycles. The van der Waals surface area contributed by atoms with Gasteiger partial charge in [0.25, 0.3) is 0 Å². The highest BCUT2D eigenvalue weighted by Crippen LogP contribution is 2.31. The second-order valence-corrected chi connectivity index (χ2v) is 7.01. The molecule has 1 amide bonds. The quantitative estimate of drug-likeness (QED) is 0.770. The lowest BCUT2D eigenvalue weighted by Crippen LogP contribution is -2.52. The summed E-state index contributed by atoms with van der Waals surface area (Å²) in [5, 5.41) is 4.13. The summed E-state index contributed by atoms with van der Waals surface area (Å²) in [5.41, 5.74) is 1.08. The summed E-state index contributed by atoms with van der Waals surface area (Å²) in [6.45, 7) is 5.50. The van der Waals surface area contributed by atoms with Crippen LogP contribution in [0.5, 0.6) is 11.5 Å². The van der Waals surface area contributed by atoms with Crippen molar-refractivity contribution < 1.29 is 14.3 Å². The lowest BCUT2D eigenvalue weighted by molar-refractivity contribution is -0.138. The van der Waals surface area contributed by atoms with Crippen LogP contribution in [0.4, 0.5) is 0 Å². The molecule has 144 valence electrons. The molecule has 0 bridgehead atoms. The Morgan fingerprint density at radius 3 is 2.85 bits per heavy atom. The molecular formula is C19H25N5O3. The van der Waals surface area contributed by atoms with Crippen LogP contribution < -0.4 is 9.47 Å². The largest absolute Gasteiger partial charge is 0.497 e. The summed E-state index contributed by atoms with van der Waals surface area (Å²) in [6, 6.07) is 5.81. The van der Waals surface area contributed by atoms with Crippen LogP contribution in [0, 0.1) is 5.92 Å². The summed E-state index contributed by atoms with van der Waals surface area (Å²) in [7, 11) is 1.64. The Morgan fingerprint density at radius 2 is 2.11 bits per heavy atom. The van der Waals surface area contributed by atoms with Gasteiger partial charge >= 0.3 is 0 Å². The predicted molar refractivity (Wildman–Crippen MR) is 98.7 cm³/mol. The molecule has 0 radical (unpaired) electrons. The summed E-state index contributed by atoms with van der Waals surface area (Å²) in [4.78, 5) is 21.2. The van der Waals surface area contributed by atoms with E-state index in [1.54, 1.807) is 19.8 Å². The minimum atomic E-state index is -0.104. The molecule has 1 aromatic heterocycles. The Labute approximate surface area is 158 Å². The van der Waals surface area contributed by atoms with E-state index in [0.29, 0.717) is 6.61 Å². The molecule has 0 N–H and O–H groups in total. The molecule has 0 aliphatic carbocycles. The van der Waals surface area contributed by atoms with E-state index in [0.717, 1.165) is 62.8 Å². The molecule has 2 aliphatic heterocycles. The summed E-state index contributed by atoms with van der Waals surface area (Å²) in [6.07, 6.45) is 4.01. The average Bonchev–Trinajstić information content (AvgIpc) is 3.25. The van der Waals surface area contributed by atoms with Crippen molar-refractivity contribution in [3.8, 4) is 11.5 Å². The number of hydrogen-bond acceptors (Lipinski definition) is 6. The van der Waals surface area contributed by atoms with E-state index in [2.05, 4.69) is 15.0 Å². The van der Waals surface area contributed by atoms with Crippen LogP contribution in [-0.2, 0) is 17.8 Å². The van der Waals surface area contributed by atoms with E-state index in [1.165, 1.54) is 0 Å². The van der Waals surface area contributed by atoms with Crippen molar-refractivity contribution in [3.05, 3.63) is 36.4 Å². The Kier molecular flexibility index (Phi) is 5.24. The third-order valence-electron chi connectivity index (χ3n) is 5.33. The minimum Gasteiger partial charge on any atom is -0.497 e. The van der Waals surface area contributed by atoms with Crippen molar-refractivity contribution in [1.82, 2.24) is 24.6 Å². The van der Waals surface area contributed by atoms with Crippen molar-refractivity contribution in [2.45, 2.75) is 13.0 Å². The van der Waals surface area contributed by atoms with Crippen LogP contribution in [-0.4, -0.2) is 76.9 Å². The molecule has 0 saturated carbocycles. The number of nitrogens with zero attached hydrogens (tertiary/aromatic N) is 5. The van der Waals surface area contributed by atoms with Crippen LogP contribution in [0.3, 0.4) is 0 Å². The molecule has 27 heavy (non-hydrogen) atoms. The smallest absolute Gasteiger partial charge is 0.229 e. The Balaban J connectivity index is 1.28. The molecule has 2 aromatic rings. The molecule has 0 unspecified atom stereocenters. The third-order valence-corrected chi connectivity index (χ3v) is 5.33. The highest BCUT2D eigenvalue weighted by atomic mass is 16.5. The first-order valence-electron chi connectivity index (χ1n) is 9.36. The van der Waals surface area contributed by atoms with Crippen molar-refractivity contribution in [2.75, 3.05) is 46.4 Å². The lowest BCUT2D eigenvalue weighted by atomic mass is 9.95. The summed E-state index contributed by atoms with van der Waals surface area (Å²) in [5.74, 6) is 1.71. The molecule has 1 saturated heterocycles. The SMILES string of the molecule is COc1ccc2c(c1)OC[C@H](C(=O)N1CCN(CCn3cncn3)CC1)C2. The maximum absolute atomic E-state index is 12.9. The van der Waals surface area contributed by atoms with Crippen LogP contribution >= 0.6 is 0 Å². The van der Waals surface area contributed by atoms with Crippen LogP contribution in [0.2, 0.25) is 0 Å². The summed E-state index contributed by atoms with van der Waals surface area (Å²) < 4.78 is 12.9. The normalized spacial score (nSPS) is 20.0. The highest BCUT2D eigenvalue weighted by Gasteiger charge is 2.31. The Bertz CT molecular complexity index is 772. The first-order chi connectivity index (χ1) is 13.2. The van der Waals surface area contributed by atoms with E-state index in [-0.39, 0.29) is 11.8 Å². The van der Waals surface area contributed by atoms with E-state index in [1.807, 2.05) is 27.8 Å². The number of benzene rings is 1. The minimum absolute atomic E-state index is 0.104. The second kappa shape index (κ2) is 7.96. The second-order valence-electron chi connectivity index (χ2n) is 7.01. The monoisotopic (exact) mass is 371 g/mol. The molecule has 8 nitrogen and oxygen atoms in total. The van der Waals surface area contributed by atoms with Crippen LogP contribution in [0.25, 0.3) is 0 Å². The van der Waals surface area contributed by atoms with Gasteiger partial charge in [-0.25, -0.2) is 4.98 Å². The number of aromatic nitrogens is 3. The van der Waals surface area contributed by atoms with E-state index in [4.69, 9.17) is 9.47 Å². The van der Waals surface area contributed by atoms with Gasteiger partial charge in [0.05, 0.1) is 19.6 Å². The third kappa shape index (κ3) is 4.05. The van der Waals surface area contributed by atoms with Crippen molar-refractivity contribution >= 4 is 5.91 Å². The number of methoxy groups -OCH3 is 1. The Hall–Kier alpha value is -2.61. The fourth-order valence-electron chi connectivity index (χ4n) is 3.68. The van der Waals surface area contributed by atoms with Gasteiger partial charge < -0.3 is 14.4 Å². The topological polar surface area (TPSA) is 72.7 Å². The molecule has 4 rings (SSSR count). The zero-order chi connectivity index (χ0) is 18.6. The van der Waals surface area contributed by atoms with Gasteiger partial charge in [-0.1, -0.05) is 6.07 Å². The number of piperazine rings is 1. The number of carbonyl (C=O) groups is 1.